The second-order valence-corrected chi connectivity index (χ2v) is 4.65. The smallest absolute Gasteiger partial charge is 0.0251 e. The van der Waals surface area contributed by atoms with E-state index in [9.17, 15) is 0 Å². The van der Waals surface area contributed by atoms with Crippen LogP contribution in [0, 0.1) is 5.92 Å². The molecule has 86 valence electrons. The van der Waals surface area contributed by atoms with Gasteiger partial charge in [0.2, 0.25) is 0 Å². The first-order valence-corrected chi connectivity index (χ1v) is 6.94. The van der Waals surface area contributed by atoms with Crippen molar-refractivity contribution in [3.63, 3.8) is 0 Å². The van der Waals surface area contributed by atoms with Crippen molar-refractivity contribution in [3.8, 4) is 0 Å². The van der Waals surface area contributed by atoms with Gasteiger partial charge in [0, 0.05) is 5.88 Å². The molecule has 1 unspecified atom stereocenters. The number of rotatable bonds is 10. The topological polar surface area (TPSA) is 0 Å². The van der Waals surface area contributed by atoms with Crippen LogP contribution < -0.4 is 0 Å². The number of unbranched alkanes of at least 4 members (excludes halogenated alkanes) is 6. The molecule has 14 heavy (non-hydrogen) atoms. The number of hydrogen-bond acceptors (Lipinski definition) is 0. The molecular formula is C13H27Cl. The first-order valence-electron chi connectivity index (χ1n) is 6.41. The van der Waals surface area contributed by atoms with E-state index in [1.54, 1.807) is 0 Å². The summed E-state index contributed by atoms with van der Waals surface area (Å²) in [5.41, 5.74) is 0. The highest BCUT2D eigenvalue weighted by atomic mass is 35.5. The van der Waals surface area contributed by atoms with Gasteiger partial charge in [0.15, 0.2) is 0 Å². The van der Waals surface area contributed by atoms with Gasteiger partial charge in [-0.25, -0.2) is 0 Å². The van der Waals surface area contributed by atoms with E-state index in [1.807, 2.05) is 0 Å². The average molecular weight is 219 g/mol. The molecule has 1 heteroatoms. The van der Waals surface area contributed by atoms with Gasteiger partial charge >= 0.3 is 0 Å². The fraction of sp³-hybridized carbons (Fsp3) is 1.00. The molecule has 0 rings (SSSR count). The summed E-state index contributed by atoms with van der Waals surface area (Å²) in [4.78, 5) is 0. The van der Waals surface area contributed by atoms with Crippen molar-refractivity contribution in [2.24, 2.45) is 5.92 Å². The van der Waals surface area contributed by atoms with Crippen LogP contribution in [-0.2, 0) is 0 Å². The van der Waals surface area contributed by atoms with E-state index in [0.717, 1.165) is 11.8 Å². The van der Waals surface area contributed by atoms with E-state index in [4.69, 9.17) is 11.6 Å². The lowest BCUT2D eigenvalue weighted by Crippen LogP contribution is -1.99. The van der Waals surface area contributed by atoms with E-state index >= 15 is 0 Å². The Kier molecular flexibility index (Phi) is 11.6. The number of halogens is 1. The zero-order valence-electron chi connectivity index (χ0n) is 10.0. The highest BCUT2D eigenvalue weighted by Gasteiger charge is 2.03. The van der Waals surface area contributed by atoms with E-state index in [2.05, 4.69) is 13.8 Å². The van der Waals surface area contributed by atoms with Crippen molar-refractivity contribution >= 4 is 11.6 Å². The van der Waals surface area contributed by atoms with Gasteiger partial charge in [-0.2, -0.15) is 0 Å². The number of hydrogen-bond donors (Lipinski definition) is 0. The third-order valence-electron chi connectivity index (χ3n) is 3.01. The van der Waals surface area contributed by atoms with Crippen molar-refractivity contribution in [1.82, 2.24) is 0 Å². The second-order valence-electron chi connectivity index (χ2n) is 4.34. The Hall–Kier alpha value is 0.290. The van der Waals surface area contributed by atoms with Crippen LogP contribution in [0.3, 0.4) is 0 Å². The standard InChI is InChI=1S/C13H27Cl/c1-3-5-6-7-8-9-10-11-13(4-2)12-14/h13H,3-12H2,1-2H3. The molecule has 0 nitrogen and oxygen atoms in total. The Morgan fingerprint density at radius 1 is 0.857 bits per heavy atom. The van der Waals surface area contributed by atoms with E-state index in [-0.39, 0.29) is 0 Å². The summed E-state index contributed by atoms with van der Waals surface area (Å²) in [6.07, 6.45) is 12.5. The van der Waals surface area contributed by atoms with Gasteiger partial charge in [-0.1, -0.05) is 65.2 Å². The fourth-order valence-electron chi connectivity index (χ4n) is 1.78. The Morgan fingerprint density at radius 2 is 1.43 bits per heavy atom. The summed E-state index contributed by atoms with van der Waals surface area (Å²) < 4.78 is 0. The molecule has 0 amide bonds. The minimum Gasteiger partial charge on any atom is -0.126 e. The SMILES string of the molecule is CCCCCCCCCC(CC)CCl. The van der Waals surface area contributed by atoms with Crippen LogP contribution in [0.1, 0.15) is 71.6 Å². The van der Waals surface area contributed by atoms with Gasteiger partial charge in [-0.05, 0) is 12.3 Å². The molecule has 0 aliphatic carbocycles. The lowest BCUT2D eigenvalue weighted by Gasteiger charge is -2.10. The lowest BCUT2D eigenvalue weighted by atomic mass is 9.99. The van der Waals surface area contributed by atoms with Gasteiger partial charge < -0.3 is 0 Å². The molecule has 0 aromatic rings. The maximum atomic E-state index is 5.85. The third-order valence-corrected chi connectivity index (χ3v) is 3.45. The zero-order valence-corrected chi connectivity index (χ0v) is 10.8. The third kappa shape index (κ3) is 8.87. The first kappa shape index (κ1) is 14.3. The molecule has 0 saturated carbocycles. The van der Waals surface area contributed by atoms with Crippen LogP contribution in [0.15, 0.2) is 0 Å². The highest BCUT2D eigenvalue weighted by molar-refractivity contribution is 6.18. The van der Waals surface area contributed by atoms with Crippen LogP contribution in [0.25, 0.3) is 0 Å². The van der Waals surface area contributed by atoms with E-state index in [0.29, 0.717) is 0 Å². The summed E-state index contributed by atoms with van der Waals surface area (Å²) in [5, 5.41) is 0. The molecule has 0 fully saturated rings. The molecule has 0 aromatic carbocycles. The van der Waals surface area contributed by atoms with E-state index in [1.165, 1.54) is 57.8 Å². The molecule has 0 aromatic heterocycles. The largest absolute Gasteiger partial charge is 0.126 e. The zero-order chi connectivity index (χ0) is 10.6. The molecular weight excluding hydrogens is 192 g/mol. The summed E-state index contributed by atoms with van der Waals surface area (Å²) in [5.74, 6) is 1.62. The van der Waals surface area contributed by atoms with Crippen molar-refractivity contribution in [3.05, 3.63) is 0 Å². The maximum Gasteiger partial charge on any atom is 0.0251 e. The minimum atomic E-state index is 0.771. The van der Waals surface area contributed by atoms with Gasteiger partial charge in [0.25, 0.3) is 0 Å². The Balaban J connectivity index is 3.04. The van der Waals surface area contributed by atoms with Crippen LogP contribution in [0.4, 0.5) is 0 Å². The summed E-state index contributed by atoms with van der Waals surface area (Å²) in [6.45, 7) is 4.51. The Bertz CT molecular complexity index is 97.4. The van der Waals surface area contributed by atoms with Gasteiger partial charge in [0.1, 0.15) is 0 Å². The van der Waals surface area contributed by atoms with Crippen LogP contribution >= 0.6 is 11.6 Å². The molecule has 0 spiro atoms. The normalized spacial score (nSPS) is 13.1. The van der Waals surface area contributed by atoms with E-state index < -0.39 is 0 Å². The Labute approximate surface area is 95.4 Å². The maximum absolute atomic E-state index is 5.85. The predicted octanol–water partition coefficient (Wildman–Crippen LogP) is 5.39. The van der Waals surface area contributed by atoms with Crippen molar-refractivity contribution in [2.75, 3.05) is 5.88 Å². The molecule has 0 aliphatic rings. The predicted molar refractivity (Wildman–Crippen MR) is 67.1 cm³/mol. The second kappa shape index (κ2) is 11.4. The van der Waals surface area contributed by atoms with Gasteiger partial charge in [-0.15, -0.1) is 11.6 Å². The van der Waals surface area contributed by atoms with Crippen molar-refractivity contribution in [2.45, 2.75) is 71.6 Å². The minimum absolute atomic E-state index is 0.771. The summed E-state index contributed by atoms with van der Waals surface area (Å²) >= 11 is 5.85. The fourth-order valence-corrected chi connectivity index (χ4v) is 2.15. The highest BCUT2D eigenvalue weighted by Crippen LogP contribution is 2.16. The Morgan fingerprint density at radius 3 is 1.93 bits per heavy atom. The van der Waals surface area contributed by atoms with Crippen molar-refractivity contribution in [1.29, 1.82) is 0 Å². The molecule has 1 atom stereocenters. The van der Waals surface area contributed by atoms with Crippen LogP contribution in [-0.4, -0.2) is 5.88 Å². The van der Waals surface area contributed by atoms with Crippen LogP contribution in [0.5, 0.6) is 0 Å². The summed E-state index contributed by atoms with van der Waals surface area (Å²) in [6, 6.07) is 0. The molecule has 0 N–H and O–H groups in total. The van der Waals surface area contributed by atoms with Gasteiger partial charge in [-0.3, -0.25) is 0 Å². The molecule has 0 aliphatic heterocycles. The monoisotopic (exact) mass is 218 g/mol. The summed E-state index contributed by atoms with van der Waals surface area (Å²) in [7, 11) is 0. The molecule has 0 heterocycles. The van der Waals surface area contributed by atoms with Crippen molar-refractivity contribution < 1.29 is 0 Å². The number of alkyl halides is 1. The average Bonchev–Trinajstić information content (AvgIpc) is 2.22. The molecule has 0 saturated heterocycles. The molecule has 0 radical (unpaired) electrons. The first-order chi connectivity index (χ1) is 6.85. The van der Waals surface area contributed by atoms with Crippen LogP contribution in [0.2, 0.25) is 0 Å². The molecule has 0 bridgehead atoms. The lowest BCUT2D eigenvalue weighted by molar-refractivity contribution is 0.475. The van der Waals surface area contributed by atoms with Gasteiger partial charge in [0.05, 0.1) is 0 Å². The quantitative estimate of drug-likeness (QED) is 0.341.